The van der Waals surface area contributed by atoms with Crippen molar-refractivity contribution in [2.24, 2.45) is 0 Å². The van der Waals surface area contributed by atoms with E-state index in [1.807, 2.05) is 0 Å². The summed E-state index contributed by atoms with van der Waals surface area (Å²) in [7, 11) is 3.05. The van der Waals surface area contributed by atoms with Gasteiger partial charge in [-0.1, -0.05) is 23.7 Å². The highest BCUT2D eigenvalue weighted by Crippen LogP contribution is 2.28. The molecule has 148 valence electrons. The van der Waals surface area contributed by atoms with E-state index in [0.29, 0.717) is 21.4 Å². The molecule has 0 aliphatic heterocycles. The summed E-state index contributed by atoms with van der Waals surface area (Å²) in [6.07, 6.45) is 0. The van der Waals surface area contributed by atoms with Crippen LogP contribution in [-0.4, -0.2) is 44.0 Å². The van der Waals surface area contributed by atoms with Gasteiger partial charge in [0.05, 0.1) is 35.9 Å². The van der Waals surface area contributed by atoms with E-state index >= 15 is 0 Å². The number of methoxy groups -OCH3 is 1. The molecule has 0 spiro atoms. The van der Waals surface area contributed by atoms with Gasteiger partial charge in [-0.2, -0.15) is 0 Å². The molecule has 0 radical (unpaired) electrons. The molecular formula is C18H20ClN4O5+. The van der Waals surface area contributed by atoms with Crippen LogP contribution >= 0.6 is 11.6 Å². The second-order valence-corrected chi connectivity index (χ2v) is 6.43. The molecule has 3 N–H and O–H groups in total. The molecule has 0 heterocycles. The van der Waals surface area contributed by atoms with Gasteiger partial charge in [0.1, 0.15) is 11.4 Å². The van der Waals surface area contributed by atoms with Crippen LogP contribution in [0.2, 0.25) is 5.02 Å². The Morgan fingerprint density at radius 2 is 1.71 bits per heavy atom. The molecule has 2 amide bonds. The van der Waals surface area contributed by atoms with Crippen LogP contribution in [0.5, 0.6) is 5.75 Å². The average Bonchev–Trinajstić information content (AvgIpc) is 2.63. The highest BCUT2D eigenvalue weighted by molar-refractivity contribution is 6.33. The van der Waals surface area contributed by atoms with E-state index in [0.717, 1.165) is 0 Å². The number of nitro groups is 1. The van der Waals surface area contributed by atoms with Gasteiger partial charge in [0, 0.05) is 0 Å². The standard InChI is InChI=1S/C18H19ClN4O5/c1-22(10-17(24)20-14-6-4-3-5-13(14)19)11-18(25)21-15-8-7-12(28-2)9-16(15)23(26)27/h3-9H,10-11H2,1-2H3,(H,20,24)(H,21,25)/p+1. The van der Waals surface area contributed by atoms with Crippen LogP contribution in [0.3, 0.4) is 0 Å². The third kappa shape index (κ3) is 5.93. The van der Waals surface area contributed by atoms with Gasteiger partial charge in [0.2, 0.25) is 0 Å². The second kappa shape index (κ2) is 9.67. The molecule has 10 heteroatoms. The van der Waals surface area contributed by atoms with Gasteiger partial charge in [0.25, 0.3) is 17.5 Å². The number of anilines is 2. The maximum absolute atomic E-state index is 12.2. The number of hydrogen-bond acceptors (Lipinski definition) is 5. The summed E-state index contributed by atoms with van der Waals surface area (Å²) in [5.74, 6) is -0.464. The predicted molar refractivity (Wildman–Crippen MR) is 105 cm³/mol. The Hall–Kier alpha value is -3.17. The molecule has 0 saturated carbocycles. The van der Waals surface area contributed by atoms with Crippen molar-refractivity contribution in [2.45, 2.75) is 0 Å². The van der Waals surface area contributed by atoms with E-state index in [2.05, 4.69) is 10.6 Å². The number of rotatable bonds is 8. The first-order valence-corrected chi connectivity index (χ1v) is 8.66. The molecule has 0 saturated heterocycles. The van der Waals surface area contributed by atoms with Crippen molar-refractivity contribution < 1.29 is 24.1 Å². The zero-order valence-electron chi connectivity index (χ0n) is 15.3. The quantitative estimate of drug-likeness (QED) is 0.451. The number of likely N-dealkylation sites (N-methyl/N-ethyl adjacent to an activating group) is 1. The smallest absolute Gasteiger partial charge is 0.296 e. The fourth-order valence-corrected chi connectivity index (χ4v) is 2.64. The molecule has 2 aromatic carbocycles. The zero-order chi connectivity index (χ0) is 20.7. The van der Waals surface area contributed by atoms with Crippen LogP contribution in [0.25, 0.3) is 0 Å². The number of halogens is 1. The van der Waals surface area contributed by atoms with Gasteiger partial charge in [-0.25, -0.2) is 0 Å². The fourth-order valence-electron chi connectivity index (χ4n) is 2.46. The Kier molecular flexibility index (Phi) is 7.30. The Balaban J connectivity index is 1.93. The number of nitrogens with one attached hydrogen (secondary N) is 3. The lowest BCUT2D eigenvalue weighted by atomic mass is 10.2. The lowest BCUT2D eigenvalue weighted by Gasteiger charge is -2.14. The number of quaternary nitrogens is 1. The largest absolute Gasteiger partial charge is 0.496 e. The molecule has 28 heavy (non-hydrogen) atoms. The van der Waals surface area contributed by atoms with Crippen molar-refractivity contribution in [1.82, 2.24) is 0 Å². The zero-order valence-corrected chi connectivity index (χ0v) is 16.1. The molecule has 9 nitrogen and oxygen atoms in total. The van der Waals surface area contributed by atoms with Gasteiger partial charge in [0.15, 0.2) is 13.1 Å². The van der Waals surface area contributed by atoms with Crippen LogP contribution in [0.4, 0.5) is 17.1 Å². The van der Waals surface area contributed by atoms with Crippen molar-refractivity contribution in [3.05, 3.63) is 57.6 Å². The highest BCUT2D eigenvalue weighted by atomic mass is 35.5. The van der Waals surface area contributed by atoms with Crippen LogP contribution in [0, 0.1) is 10.1 Å². The normalized spacial score (nSPS) is 11.4. The summed E-state index contributed by atoms with van der Waals surface area (Å²) in [4.78, 5) is 35.5. The molecule has 2 rings (SSSR count). The topological polar surface area (TPSA) is 115 Å². The third-order valence-corrected chi connectivity index (χ3v) is 4.08. The van der Waals surface area contributed by atoms with Crippen molar-refractivity contribution >= 4 is 40.5 Å². The number of amides is 2. The summed E-state index contributed by atoms with van der Waals surface area (Å²) in [5, 5.41) is 16.8. The van der Waals surface area contributed by atoms with Crippen LogP contribution in [0.15, 0.2) is 42.5 Å². The first-order chi connectivity index (χ1) is 13.3. The lowest BCUT2D eigenvalue weighted by Crippen LogP contribution is -3.11. The van der Waals surface area contributed by atoms with Crippen LogP contribution in [0.1, 0.15) is 0 Å². The molecule has 0 aromatic heterocycles. The summed E-state index contributed by atoms with van der Waals surface area (Å²) < 4.78 is 4.96. The number of nitro benzene ring substituents is 1. The number of para-hydroxylation sites is 1. The summed E-state index contributed by atoms with van der Waals surface area (Å²) in [5.41, 5.74) is 0.270. The third-order valence-electron chi connectivity index (χ3n) is 3.75. The summed E-state index contributed by atoms with van der Waals surface area (Å²) in [6.45, 7) is -0.0392. The van der Waals surface area contributed by atoms with Crippen molar-refractivity contribution in [3.63, 3.8) is 0 Å². The molecular weight excluding hydrogens is 388 g/mol. The van der Waals surface area contributed by atoms with E-state index in [1.54, 1.807) is 31.3 Å². The van der Waals surface area contributed by atoms with Gasteiger partial charge in [-0.15, -0.1) is 0 Å². The first kappa shape index (κ1) is 21.1. The van der Waals surface area contributed by atoms with E-state index < -0.39 is 10.8 Å². The molecule has 0 fully saturated rings. The molecule has 0 aliphatic rings. The SMILES string of the molecule is COc1ccc(NC(=O)C[NH+](C)CC(=O)Nc2ccccc2Cl)c([N+](=O)[O-])c1. The van der Waals surface area contributed by atoms with Crippen LogP contribution in [-0.2, 0) is 9.59 Å². The lowest BCUT2D eigenvalue weighted by molar-refractivity contribution is -0.862. The second-order valence-electron chi connectivity index (χ2n) is 6.03. The van der Waals surface area contributed by atoms with E-state index in [9.17, 15) is 19.7 Å². The van der Waals surface area contributed by atoms with Gasteiger partial charge < -0.3 is 20.3 Å². The molecule has 1 unspecified atom stereocenters. The molecule has 0 bridgehead atoms. The minimum absolute atomic E-state index is 0.0172. The number of ether oxygens (including phenoxy) is 1. The first-order valence-electron chi connectivity index (χ1n) is 8.28. The van der Waals surface area contributed by atoms with Crippen LogP contribution < -0.4 is 20.3 Å². The van der Waals surface area contributed by atoms with E-state index in [4.69, 9.17) is 16.3 Å². The Labute approximate surface area is 166 Å². The number of benzene rings is 2. The van der Waals surface area contributed by atoms with Gasteiger partial charge >= 0.3 is 0 Å². The monoisotopic (exact) mass is 407 g/mol. The Morgan fingerprint density at radius 1 is 1.11 bits per heavy atom. The number of nitrogens with zero attached hydrogens (tertiary/aromatic N) is 1. The summed E-state index contributed by atoms with van der Waals surface area (Å²) in [6, 6.07) is 11.0. The average molecular weight is 408 g/mol. The highest BCUT2D eigenvalue weighted by Gasteiger charge is 2.20. The summed E-state index contributed by atoms with van der Waals surface area (Å²) >= 11 is 5.99. The minimum Gasteiger partial charge on any atom is -0.496 e. The van der Waals surface area contributed by atoms with E-state index in [1.165, 1.54) is 25.3 Å². The van der Waals surface area contributed by atoms with Gasteiger partial charge in [-0.3, -0.25) is 19.7 Å². The Bertz CT molecular complexity index is 890. The molecule has 0 aliphatic carbocycles. The number of carbonyl (C=O) groups excluding carboxylic acids is 2. The molecule has 1 atom stereocenters. The van der Waals surface area contributed by atoms with Crippen molar-refractivity contribution in [2.75, 3.05) is 37.9 Å². The van der Waals surface area contributed by atoms with Crippen molar-refractivity contribution in [1.29, 1.82) is 0 Å². The predicted octanol–water partition coefficient (Wildman–Crippen LogP) is 1.35. The Morgan fingerprint density at radius 3 is 2.29 bits per heavy atom. The maximum Gasteiger partial charge on any atom is 0.296 e. The minimum atomic E-state index is -0.605. The fraction of sp³-hybridized carbons (Fsp3) is 0.222. The molecule has 2 aromatic rings. The number of hydrogen-bond donors (Lipinski definition) is 3. The van der Waals surface area contributed by atoms with Crippen molar-refractivity contribution in [3.8, 4) is 5.75 Å². The maximum atomic E-state index is 12.2. The number of carbonyl (C=O) groups is 2. The van der Waals surface area contributed by atoms with E-state index in [-0.39, 0.29) is 30.4 Å². The van der Waals surface area contributed by atoms with Gasteiger partial charge in [-0.05, 0) is 24.3 Å².